The number of aliphatic hydroxyl groups is 3. The molecule has 2 atom stereocenters. The van der Waals surface area contributed by atoms with Crippen LogP contribution in [0, 0.1) is 3.57 Å². The van der Waals surface area contributed by atoms with Gasteiger partial charge >= 0.3 is 5.97 Å². The fraction of sp³-hybridized carbons (Fsp3) is 0.308. The van der Waals surface area contributed by atoms with Crippen LogP contribution in [0.25, 0.3) is 0 Å². The summed E-state index contributed by atoms with van der Waals surface area (Å²) < 4.78 is 11.3. The second kappa shape index (κ2) is 6.42. The maximum atomic E-state index is 11.1. The van der Waals surface area contributed by atoms with Gasteiger partial charge in [0.1, 0.15) is 6.10 Å². The summed E-state index contributed by atoms with van der Waals surface area (Å²) in [5.74, 6) is -2.48. The first kappa shape index (κ1) is 15.1. The molecule has 1 aromatic carbocycles. The van der Waals surface area contributed by atoms with Crippen LogP contribution >= 0.6 is 22.6 Å². The number of benzene rings is 1. The third-order valence-corrected chi connectivity index (χ3v) is 3.55. The molecule has 1 aliphatic heterocycles. The zero-order valence-corrected chi connectivity index (χ0v) is 12.5. The van der Waals surface area contributed by atoms with Gasteiger partial charge in [0, 0.05) is 3.57 Å². The standard InChI is InChI=1S/C13H13IO6/c14-8-3-1-7(2-4-8)6-19-9(5-15)12-10(16)11(17)13(18)20-12/h1-4,9,12,15-17H,5-6H2/t9-,12+/m0/s1. The van der Waals surface area contributed by atoms with Crippen LogP contribution in [-0.4, -0.2) is 40.1 Å². The highest BCUT2D eigenvalue weighted by molar-refractivity contribution is 14.1. The number of hydrogen-bond donors (Lipinski definition) is 3. The fourth-order valence-electron chi connectivity index (χ4n) is 1.74. The lowest BCUT2D eigenvalue weighted by Gasteiger charge is -2.21. The topological polar surface area (TPSA) is 96.2 Å². The molecule has 1 aromatic rings. The lowest BCUT2D eigenvalue weighted by molar-refractivity contribution is -0.151. The van der Waals surface area contributed by atoms with Crippen LogP contribution in [0.15, 0.2) is 35.8 Å². The molecule has 0 amide bonds. The summed E-state index contributed by atoms with van der Waals surface area (Å²) in [7, 11) is 0. The van der Waals surface area contributed by atoms with Crippen LogP contribution in [-0.2, 0) is 20.9 Å². The predicted octanol–water partition coefficient (Wildman–Crippen LogP) is 1.42. The largest absolute Gasteiger partial charge is 0.505 e. The molecule has 20 heavy (non-hydrogen) atoms. The van der Waals surface area contributed by atoms with Gasteiger partial charge in [0.25, 0.3) is 0 Å². The van der Waals surface area contributed by atoms with Gasteiger partial charge in [-0.2, -0.15) is 0 Å². The van der Waals surface area contributed by atoms with Gasteiger partial charge in [-0.05, 0) is 40.3 Å². The van der Waals surface area contributed by atoms with Gasteiger partial charge in [0.15, 0.2) is 11.9 Å². The van der Waals surface area contributed by atoms with Crippen molar-refractivity contribution in [1.82, 2.24) is 0 Å². The van der Waals surface area contributed by atoms with E-state index in [1.807, 2.05) is 24.3 Å². The summed E-state index contributed by atoms with van der Waals surface area (Å²) in [6, 6.07) is 7.55. The molecule has 0 aliphatic carbocycles. The Morgan fingerprint density at radius 3 is 2.45 bits per heavy atom. The molecule has 0 saturated heterocycles. The number of halogens is 1. The van der Waals surface area contributed by atoms with E-state index in [0.29, 0.717) is 0 Å². The highest BCUT2D eigenvalue weighted by atomic mass is 127. The molecule has 0 saturated carbocycles. The first-order chi connectivity index (χ1) is 9.52. The molecule has 0 aromatic heterocycles. The van der Waals surface area contributed by atoms with Gasteiger partial charge in [0.05, 0.1) is 13.2 Å². The van der Waals surface area contributed by atoms with Gasteiger partial charge in [-0.1, -0.05) is 12.1 Å². The van der Waals surface area contributed by atoms with E-state index in [4.69, 9.17) is 9.47 Å². The number of carbonyl (C=O) groups is 1. The summed E-state index contributed by atoms with van der Waals surface area (Å²) in [6.45, 7) is -0.274. The van der Waals surface area contributed by atoms with Gasteiger partial charge in [-0.3, -0.25) is 0 Å². The van der Waals surface area contributed by atoms with Crippen LogP contribution in [0.1, 0.15) is 5.56 Å². The van der Waals surface area contributed by atoms with Gasteiger partial charge in [-0.25, -0.2) is 4.79 Å². The lowest BCUT2D eigenvalue weighted by Crippen LogP contribution is -2.34. The Morgan fingerprint density at radius 1 is 1.30 bits per heavy atom. The third-order valence-electron chi connectivity index (χ3n) is 2.83. The van der Waals surface area contributed by atoms with Crippen molar-refractivity contribution in [2.75, 3.05) is 6.61 Å². The van der Waals surface area contributed by atoms with Gasteiger partial charge in [-0.15, -0.1) is 0 Å². The van der Waals surface area contributed by atoms with E-state index >= 15 is 0 Å². The molecule has 7 heteroatoms. The fourth-order valence-corrected chi connectivity index (χ4v) is 2.10. The maximum absolute atomic E-state index is 11.1. The first-order valence-corrected chi connectivity index (χ1v) is 6.90. The smallest absolute Gasteiger partial charge is 0.377 e. The Labute approximate surface area is 128 Å². The van der Waals surface area contributed by atoms with Crippen LogP contribution in [0.5, 0.6) is 0 Å². The summed E-state index contributed by atoms with van der Waals surface area (Å²) in [6.07, 6.45) is -2.13. The molecule has 6 nitrogen and oxygen atoms in total. The molecule has 0 unspecified atom stereocenters. The molecule has 0 spiro atoms. The zero-order chi connectivity index (χ0) is 14.7. The van der Waals surface area contributed by atoms with E-state index in [1.165, 1.54) is 0 Å². The molecule has 0 bridgehead atoms. The van der Waals surface area contributed by atoms with Crippen LogP contribution < -0.4 is 0 Å². The molecule has 1 aliphatic rings. The SMILES string of the molecule is O=C1O[C@H]([C@H](CO)OCc2ccc(I)cc2)C(O)=C1O. The molecule has 2 rings (SSSR count). The minimum absolute atomic E-state index is 0.185. The number of rotatable bonds is 5. The maximum Gasteiger partial charge on any atom is 0.377 e. The molecule has 3 N–H and O–H groups in total. The summed E-state index contributed by atoms with van der Waals surface area (Å²) in [4.78, 5) is 11.1. The average Bonchev–Trinajstić information content (AvgIpc) is 2.70. The lowest BCUT2D eigenvalue weighted by atomic mass is 10.1. The van der Waals surface area contributed by atoms with Crippen molar-refractivity contribution < 1.29 is 29.6 Å². The Balaban J connectivity index is 2.00. The molecular weight excluding hydrogens is 379 g/mol. The number of hydrogen-bond acceptors (Lipinski definition) is 6. The van der Waals surface area contributed by atoms with Crippen molar-refractivity contribution in [3.8, 4) is 0 Å². The Kier molecular flexibility index (Phi) is 4.84. The third kappa shape index (κ3) is 3.22. The average molecular weight is 392 g/mol. The Morgan fingerprint density at radius 2 is 1.95 bits per heavy atom. The number of esters is 1. The molecule has 1 heterocycles. The second-order valence-corrected chi connectivity index (χ2v) is 5.46. The predicted molar refractivity (Wildman–Crippen MR) is 77.0 cm³/mol. The van der Waals surface area contributed by atoms with Crippen molar-refractivity contribution in [2.24, 2.45) is 0 Å². The van der Waals surface area contributed by atoms with E-state index < -0.39 is 36.3 Å². The van der Waals surface area contributed by atoms with Crippen molar-refractivity contribution >= 4 is 28.6 Å². The normalized spacial score (nSPS) is 20.1. The van der Waals surface area contributed by atoms with Crippen LogP contribution in [0.2, 0.25) is 0 Å². The monoisotopic (exact) mass is 392 g/mol. The minimum Gasteiger partial charge on any atom is -0.505 e. The highest BCUT2D eigenvalue weighted by Gasteiger charge is 2.40. The van der Waals surface area contributed by atoms with Crippen molar-refractivity contribution in [3.63, 3.8) is 0 Å². The summed E-state index contributed by atoms with van der Waals surface area (Å²) in [5.41, 5.74) is 0.876. The number of carbonyl (C=O) groups excluding carboxylic acids is 1. The molecule has 108 valence electrons. The first-order valence-electron chi connectivity index (χ1n) is 5.83. The second-order valence-electron chi connectivity index (χ2n) is 4.22. The highest BCUT2D eigenvalue weighted by Crippen LogP contribution is 2.23. The number of ether oxygens (including phenoxy) is 2. The van der Waals surface area contributed by atoms with E-state index in [1.54, 1.807) is 0 Å². The van der Waals surface area contributed by atoms with Gasteiger partial charge < -0.3 is 24.8 Å². The summed E-state index contributed by atoms with van der Waals surface area (Å²) >= 11 is 2.18. The van der Waals surface area contributed by atoms with Crippen molar-refractivity contribution in [1.29, 1.82) is 0 Å². The summed E-state index contributed by atoms with van der Waals surface area (Å²) in [5, 5.41) is 28.0. The Hall–Kier alpha value is -1.32. The quantitative estimate of drug-likeness (QED) is 0.518. The van der Waals surface area contributed by atoms with Gasteiger partial charge in [0.2, 0.25) is 5.76 Å². The zero-order valence-electron chi connectivity index (χ0n) is 10.3. The van der Waals surface area contributed by atoms with Crippen molar-refractivity contribution in [2.45, 2.75) is 18.8 Å². The van der Waals surface area contributed by atoms with Crippen LogP contribution in [0.3, 0.4) is 0 Å². The molecule has 0 radical (unpaired) electrons. The number of cyclic esters (lactones) is 1. The van der Waals surface area contributed by atoms with E-state index in [2.05, 4.69) is 22.6 Å². The van der Waals surface area contributed by atoms with Crippen molar-refractivity contribution in [3.05, 3.63) is 44.9 Å². The van der Waals surface area contributed by atoms with E-state index in [-0.39, 0.29) is 6.61 Å². The number of aliphatic hydroxyl groups excluding tert-OH is 3. The molecule has 0 fully saturated rings. The Bertz CT molecular complexity index is 524. The molecular formula is C13H13IO6. The van der Waals surface area contributed by atoms with E-state index in [9.17, 15) is 20.1 Å². The van der Waals surface area contributed by atoms with Crippen LogP contribution in [0.4, 0.5) is 0 Å². The minimum atomic E-state index is -1.18. The van der Waals surface area contributed by atoms with E-state index in [0.717, 1.165) is 9.13 Å².